The van der Waals surface area contributed by atoms with Gasteiger partial charge in [0.15, 0.2) is 5.13 Å². The van der Waals surface area contributed by atoms with Gasteiger partial charge in [-0.25, -0.2) is 9.78 Å². The molecule has 1 aromatic carbocycles. The van der Waals surface area contributed by atoms with Crippen molar-refractivity contribution in [2.45, 2.75) is 6.42 Å². The summed E-state index contributed by atoms with van der Waals surface area (Å²) >= 11 is 1.38. The topological polar surface area (TPSA) is 79.8 Å². The quantitative estimate of drug-likeness (QED) is 0.550. The van der Waals surface area contributed by atoms with Crippen LogP contribution in [0.2, 0.25) is 0 Å². The number of amides is 2. The lowest BCUT2D eigenvalue weighted by molar-refractivity contribution is 0.252. The van der Waals surface area contributed by atoms with Crippen LogP contribution in [0.15, 0.2) is 66.4 Å². The molecule has 27 heavy (non-hydrogen) atoms. The summed E-state index contributed by atoms with van der Waals surface area (Å²) in [5.41, 5.74) is 3.81. The molecule has 0 aliphatic heterocycles. The second kappa shape index (κ2) is 7.92. The van der Waals surface area contributed by atoms with Crippen LogP contribution in [0.1, 0.15) is 5.56 Å². The van der Waals surface area contributed by atoms with Gasteiger partial charge in [-0.3, -0.25) is 15.3 Å². The first kappa shape index (κ1) is 17.1. The second-order valence-electron chi connectivity index (χ2n) is 5.90. The van der Waals surface area contributed by atoms with Crippen LogP contribution in [-0.2, 0) is 6.42 Å². The zero-order valence-electron chi connectivity index (χ0n) is 14.4. The van der Waals surface area contributed by atoms with Crippen LogP contribution in [0.25, 0.3) is 22.2 Å². The summed E-state index contributed by atoms with van der Waals surface area (Å²) in [5, 5.41) is 9.20. The van der Waals surface area contributed by atoms with Gasteiger partial charge in [0.05, 0.1) is 11.2 Å². The SMILES string of the molecule is O=C(NCCc1cccc2cccnc12)Nc1nc(-c2cccnc2)cs1. The molecule has 0 aliphatic rings. The zero-order valence-corrected chi connectivity index (χ0v) is 15.2. The Morgan fingerprint density at radius 2 is 1.96 bits per heavy atom. The number of pyridine rings is 2. The maximum absolute atomic E-state index is 12.1. The summed E-state index contributed by atoms with van der Waals surface area (Å²) < 4.78 is 0. The van der Waals surface area contributed by atoms with E-state index in [0.717, 1.165) is 27.7 Å². The van der Waals surface area contributed by atoms with Crippen molar-refractivity contribution in [2.75, 3.05) is 11.9 Å². The van der Waals surface area contributed by atoms with Gasteiger partial charge in [0.25, 0.3) is 0 Å². The molecule has 0 atom stereocenters. The van der Waals surface area contributed by atoms with Crippen molar-refractivity contribution in [3.05, 3.63) is 72.0 Å². The molecule has 0 saturated heterocycles. The van der Waals surface area contributed by atoms with Gasteiger partial charge in [-0.1, -0.05) is 24.3 Å². The number of carbonyl (C=O) groups excluding carboxylic acids is 1. The summed E-state index contributed by atoms with van der Waals surface area (Å²) in [6.45, 7) is 0.516. The molecular formula is C20H17N5OS. The minimum atomic E-state index is -0.268. The highest BCUT2D eigenvalue weighted by molar-refractivity contribution is 7.14. The van der Waals surface area contributed by atoms with Gasteiger partial charge in [0.2, 0.25) is 0 Å². The van der Waals surface area contributed by atoms with Gasteiger partial charge in [0, 0.05) is 41.5 Å². The highest BCUT2D eigenvalue weighted by atomic mass is 32.1. The lowest BCUT2D eigenvalue weighted by Gasteiger charge is -2.07. The van der Waals surface area contributed by atoms with E-state index in [9.17, 15) is 4.79 Å². The fourth-order valence-electron chi connectivity index (χ4n) is 2.80. The third-order valence-electron chi connectivity index (χ3n) is 4.08. The number of carbonyl (C=O) groups is 1. The third kappa shape index (κ3) is 4.09. The Labute approximate surface area is 160 Å². The molecule has 0 saturated carbocycles. The Bertz CT molecular complexity index is 1060. The lowest BCUT2D eigenvalue weighted by atomic mass is 10.1. The molecule has 0 aliphatic carbocycles. The molecule has 4 rings (SSSR count). The number of benzene rings is 1. The zero-order chi connectivity index (χ0) is 18.5. The Kier molecular flexibility index (Phi) is 5.02. The van der Waals surface area contributed by atoms with Crippen LogP contribution in [0.5, 0.6) is 0 Å². The minimum Gasteiger partial charge on any atom is -0.337 e. The average molecular weight is 375 g/mol. The highest BCUT2D eigenvalue weighted by Crippen LogP contribution is 2.24. The fraction of sp³-hybridized carbons (Fsp3) is 0.100. The summed E-state index contributed by atoms with van der Waals surface area (Å²) in [6, 6.07) is 13.6. The molecule has 2 N–H and O–H groups in total. The van der Waals surface area contributed by atoms with Crippen LogP contribution < -0.4 is 10.6 Å². The predicted molar refractivity (Wildman–Crippen MR) is 108 cm³/mol. The molecule has 2 amide bonds. The van der Waals surface area contributed by atoms with Crippen molar-refractivity contribution in [1.82, 2.24) is 20.3 Å². The van der Waals surface area contributed by atoms with Gasteiger partial charge in [-0.15, -0.1) is 11.3 Å². The largest absolute Gasteiger partial charge is 0.337 e. The number of nitrogens with zero attached hydrogens (tertiary/aromatic N) is 3. The molecule has 0 fully saturated rings. The first-order valence-electron chi connectivity index (χ1n) is 8.53. The predicted octanol–water partition coefficient (Wildman–Crippen LogP) is 4.12. The molecule has 6 nitrogen and oxygen atoms in total. The Hall–Kier alpha value is -3.32. The monoisotopic (exact) mass is 375 g/mol. The third-order valence-corrected chi connectivity index (χ3v) is 4.84. The standard InChI is InChI=1S/C20H17N5OS/c26-19(25-20-24-17(13-27-20)16-7-2-9-21-12-16)23-11-8-15-5-1-4-14-6-3-10-22-18(14)15/h1-7,9-10,12-13H,8,11H2,(H2,23,24,25,26). The van der Waals surface area contributed by atoms with Crippen LogP contribution in [0.4, 0.5) is 9.93 Å². The van der Waals surface area contributed by atoms with Crippen molar-refractivity contribution in [3.8, 4) is 11.3 Å². The first-order chi connectivity index (χ1) is 13.3. The summed E-state index contributed by atoms with van der Waals surface area (Å²) in [7, 11) is 0. The molecule has 3 aromatic heterocycles. The van der Waals surface area contributed by atoms with Crippen LogP contribution in [-0.4, -0.2) is 27.5 Å². The highest BCUT2D eigenvalue weighted by Gasteiger charge is 2.08. The van der Waals surface area contributed by atoms with E-state index in [2.05, 4.69) is 25.6 Å². The Balaban J connectivity index is 1.33. The first-order valence-corrected chi connectivity index (χ1v) is 9.41. The van der Waals surface area contributed by atoms with E-state index in [-0.39, 0.29) is 6.03 Å². The normalized spacial score (nSPS) is 10.7. The van der Waals surface area contributed by atoms with Crippen LogP contribution >= 0.6 is 11.3 Å². The van der Waals surface area contributed by atoms with E-state index in [1.807, 2.05) is 47.8 Å². The van der Waals surface area contributed by atoms with Gasteiger partial charge in [-0.05, 0) is 30.2 Å². The molecule has 0 bridgehead atoms. The molecule has 0 spiro atoms. The number of hydrogen-bond donors (Lipinski definition) is 2. The van der Waals surface area contributed by atoms with E-state index in [1.165, 1.54) is 11.3 Å². The Morgan fingerprint density at radius 1 is 1.07 bits per heavy atom. The van der Waals surface area contributed by atoms with Gasteiger partial charge in [-0.2, -0.15) is 0 Å². The second-order valence-corrected chi connectivity index (χ2v) is 6.76. The number of aromatic nitrogens is 3. The minimum absolute atomic E-state index is 0.268. The number of urea groups is 1. The smallest absolute Gasteiger partial charge is 0.321 e. The molecule has 7 heteroatoms. The molecule has 0 unspecified atom stereocenters. The molecule has 0 radical (unpaired) electrons. The summed E-state index contributed by atoms with van der Waals surface area (Å²) in [6.07, 6.45) is 5.96. The van der Waals surface area contributed by atoms with Crippen molar-refractivity contribution in [3.63, 3.8) is 0 Å². The van der Waals surface area contributed by atoms with Gasteiger partial charge < -0.3 is 5.32 Å². The van der Waals surface area contributed by atoms with E-state index in [0.29, 0.717) is 18.1 Å². The van der Waals surface area contributed by atoms with Gasteiger partial charge in [0.1, 0.15) is 0 Å². The number of fused-ring (bicyclic) bond motifs is 1. The van der Waals surface area contributed by atoms with E-state index in [1.54, 1.807) is 18.6 Å². The summed E-state index contributed by atoms with van der Waals surface area (Å²) in [4.78, 5) is 25.1. The molecule has 134 valence electrons. The van der Waals surface area contributed by atoms with Crippen molar-refractivity contribution in [1.29, 1.82) is 0 Å². The van der Waals surface area contributed by atoms with E-state index >= 15 is 0 Å². The number of rotatable bonds is 5. The summed E-state index contributed by atoms with van der Waals surface area (Å²) in [5.74, 6) is 0. The molecule has 3 heterocycles. The van der Waals surface area contributed by atoms with E-state index in [4.69, 9.17) is 0 Å². The van der Waals surface area contributed by atoms with Crippen LogP contribution in [0, 0.1) is 0 Å². The number of thiazole rings is 1. The van der Waals surface area contributed by atoms with Crippen LogP contribution in [0.3, 0.4) is 0 Å². The Morgan fingerprint density at radius 3 is 2.85 bits per heavy atom. The number of nitrogens with one attached hydrogen (secondary N) is 2. The molecule has 4 aromatic rings. The lowest BCUT2D eigenvalue weighted by Crippen LogP contribution is -2.30. The van der Waals surface area contributed by atoms with Crippen molar-refractivity contribution >= 4 is 33.4 Å². The van der Waals surface area contributed by atoms with Gasteiger partial charge >= 0.3 is 6.03 Å². The number of hydrogen-bond acceptors (Lipinski definition) is 5. The molecular weight excluding hydrogens is 358 g/mol. The number of anilines is 1. The van der Waals surface area contributed by atoms with E-state index < -0.39 is 0 Å². The average Bonchev–Trinajstić information content (AvgIpc) is 3.17. The van der Waals surface area contributed by atoms with Crippen molar-refractivity contribution < 1.29 is 4.79 Å². The van der Waals surface area contributed by atoms with Crippen molar-refractivity contribution in [2.24, 2.45) is 0 Å². The maximum Gasteiger partial charge on any atom is 0.321 e. The fourth-order valence-corrected chi connectivity index (χ4v) is 3.51. The number of para-hydroxylation sites is 1. The maximum atomic E-state index is 12.1.